The van der Waals surface area contributed by atoms with Crippen molar-refractivity contribution in [2.75, 3.05) is 7.05 Å². The van der Waals surface area contributed by atoms with E-state index in [0.717, 1.165) is 0 Å². The molecule has 0 aromatic heterocycles. The summed E-state index contributed by atoms with van der Waals surface area (Å²) in [5.41, 5.74) is 0.546. The van der Waals surface area contributed by atoms with Crippen molar-refractivity contribution in [2.45, 2.75) is 71.5 Å². The average molecular weight is 200 g/mol. The van der Waals surface area contributed by atoms with Crippen molar-refractivity contribution in [1.82, 2.24) is 10.6 Å². The Morgan fingerprint density at radius 1 is 1.00 bits per heavy atom. The van der Waals surface area contributed by atoms with Crippen molar-refractivity contribution >= 4 is 0 Å². The van der Waals surface area contributed by atoms with Crippen LogP contribution >= 0.6 is 0 Å². The molecule has 1 aliphatic heterocycles. The Labute approximate surface area is 89.9 Å². The second kappa shape index (κ2) is 5.13. The van der Waals surface area contributed by atoms with Crippen LogP contribution in [0, 0.1) is 0 Å². The molecule has 2 nitrogen and oxygen atoms in total. The first kappa shape index (κ1) is 13.9. The standard InChI is InChI=1S/C10H22N2.C2H6/c1-9(2)6-8(11-5)7-10(3,4)12-9;1-2/h8,11-12H,6-7H2,1-5H3;1-2H3. The van der Waals surface area contributed by atoms with Gasteiger partial charge in [-0.1, -0.05) is 13.8 Å². The van der Waals surface area contributed by atoms with Gasteiger partial charge in [-0.25, -0.2) is 0 Å². The number of hydrogen-bond acceptors (Lipinski definition) is 2. The zero-order valence-corrected chi connectivity index (χ0v) is 11.0. The van der Waals surface area contributed by atoms with Crippen LogP contribution in [0.2, 0.25) is 0 Å². The van der Waals surface area contributed by atoms with Gasteiger partial charge in [0.05, 0.1) is 0 Å². The van der Waals surface area contributed by atoms with Crippen LogP contribution in [0.15, 0.2) is 0 Å². The lowest BCUT2D eigenvalue weighted by Gasteiger charge is -2.46. The molecule has 1 aliphatic rings. The molecule has 1 heterocycles. The third-order valence-electron chi connectivity index (χ3n) is 2.60. The van der Waals surface area contributed by atoms with Gasteiger partial charge < -0.3 is 10.6 Å². The van der Waals surface area contributed by atoms with Crippen molar-refractivity contribution in [1.29, 1.82) is 0 Å². The van der Waals surface area contributed by atoms with Gasteiger partial charge in [0.15, 0.2) is 0 Å². The Bertz CT molecular complexity index is 146. The van der Waals surface area contributed by atoms with Gasteiger partial charge in [-0.3, -0.25) is 0 Å². The Balaban J connectivity index is 0.000000791. The molecule has 2 heteroatoms. The lowest BCUT2D eigenvalue weighted by molar-refractivity contribution is 0.150. The summed E-state index contributed by atoms with van der Waals surface area (Å²) in [6, 6.07) is 0.663. The van der Waals surface area contributed by atoms with E-state index in [1.165, 1.54) is 12.8 Å². The summed E-state index contributed by atoms with van der Waals surface area (Å²) in [7, 11) is 2.06. The first-order valence-corrected chi connectivity index (χ1v) is 5.81. The summed E-state index contributed by atoms with van der Waals surface area (Å²) in [5.74, 6) is 0. The predicted molar refractivity (Wildman–Crippen MR) is 64.7 cm³/mol. The number of nitrogens with one attached hydrogen (secondary N) is 2. The molecule has 0 aromatic carbocycles. The maximum absolute atomic E-state index is 3.66. The summed E-state index contributed by atoms with van der Waals surface area (Å²) in [6.45, 7) is 13.1. The zero-order valence-electron chi connectivity index (χ0n) is 11.0. The van der Waals surface area contributed by atoms with Crippen molar-refractivity contribution in [3.05, 3.63) is 0 Å². The molecule has 0 aliphatic carbocycles. The average Bonchev–Trinajstić information content (AvgIpc) is 2.02. The molecular formula is C12H28N2. The second-order valence-electron chi connectivity index (χ2n) is 5.29. The monoisotopic (exact) mass is 200 g/mol. The Kier molecular flexibility index (Phi) is 5.10. The van der Waals surface area contributed by atoms with E-state index >= 15 is 0 Å². The van der Waals surface area contributed by atoms with Crippen molar-refractivity contribution < 1.29 is 0 Å². The van der Waals surface area contributed by atoms with Crippen LogP contribution < -0.4 is 10.6 Å². The zero-order chi connectivity index (χ0) is 11.4. The van der Waals surface area contributed by atoms with E-state index in [9.17, 15) is 0 Å². The van der Waals surface area contributed by atoms with Crippen LogP contribution in [0.4, 0.5) is 0 Å². The van der Waals surface area contributed by atoms with Crippen LogP contribution in [0.1, 0.15) is 54.4 Å². The predicted octanol–water partition coefficient (Wildman–Crippen LogP) is 2.54. The highest BCUT2D eigenvalue weighted by molar-refractivity contribution is 4.98. The van der Waals surface area contributed by atoms with Crippen molar-refractivity contribution in [2.24, 2.45) is 0 Å². The summed E-state index contributed by atoms with van der Waals surface area (Å²) in [6.07, 6.45) is 2.43. The largest absolute Gasteiger partial charge is 0.317 e. The maximum atomic E-state index is 3.66. The van der Waals surface area contributed by atoms with Gasteiger partial charge in [-0.05, 0) is 47.6 Å². The highest BCUT2D eigenvalue weighted by atomic mass is 15.1. The fraction of sp³-hybridized carbons (Fsp3) is 1.00. The summed E-state index contributed by atoms with van der Waals surface area (Å²) < 4.78 is 0. The smallest absolute Gasteiger partial charge is 0.0144 e. The normalized spacial score (nSPS) is 25.1. The summed E-state index contributed by atoms with van der Waals surface area (Å²) in [5, 5.41) is 7.03. The van der Waals surface area contributed by atoms with E-state index in [2.05, 4.69) is 45.4 Å². The topological polar surface area (TPSA) is 24.1 Å². The number of rotatable bonds is 1. The van der Waals surface area contributed by atoms with Gasteiger partial charge in [-0.15, -0.1) is 0 Å². The molecular weight excluding hydrogens is 172 g/mol. The van der Waals surface area contributed by atoms with Gasteiger partial charge in [-0.2, -0.15) is 0 Å². The first-order chi connectivity index (χ1) is 6.35. The molecule has 86 valence electrons. The second-order valence-corrected chi connectivity index (χ2v) is 5.29. The highest BCUT2D eigenvalue weighted by Crippen LogP contribution is 2.27. The minimum atomic E-state index is 0.273. The molecule has 0 amide bonds. The quantitative estimate of drug-likeness (QED) is 0.680. The summed E-state index contributed by atoms with van der Waals surface area (Å²) in [4.78, 5) is 0. The van der Waals surface area contributed by atoms with Crippen LogP contribution in [0.5, 0.6) is 0 Å². The van der Waals surface area contributed by atoms with Gasteiger partial charge in [0.1, 0.15) is 0 Å². The minimum Gasteiger partial charge on any atom is -0.317 e. The molecule has 0 spiro atoms. The molecule has 1 saturated heterocycles. The molecule has 0 aromatic rings. The van der Waals surface area contributed by atoms with E-state index in [1.54, 1.807) is 0 Å². The fourth-order valence-electron chi connectivity index (χ4n) is 2.53. The van der Waals surface area contributed by atoms with Crippen LogP contribution in [0.3, 0.4) is 0 Å². The third kappa shape index (κ3) is 4.43. The summed E-state index contributed by atoms with van der Waals surface area (Å²) >= 11 is 0. The fourth-order valence-corrected chi connectivity index (χ4v) is 2.53. The lowest BCUT2D eigenvalue weighted by Crippen LogP contribution is -2.61. The molecule has 2 N–H and O–H groups in total. The Morgan fingerprint density at radius 3 is 1.64 bits per heavy atom. The molecule has 14 heavy (non-hydrogen) atoms. The molecule has 0 atom stereocenters. The van der Waals surface area contributed by atoms with Crippen molar-refractivity contribution in [3.8, 4) is 0 Å². The lowest BCUT2D eigenvalue weighted by atomic mass is 9.80. The molecule has 0 bridgehead atoms. The van der Waals surface area contributed by atoms with E-state index in [-0.39, 0.29) is 11.1 Å². The van der Waals surface area contributed by atoms with Crippen LogP contribution in [0.25, 0.3) is 0 Å². The molecule has 0 saturated carbocycles. The highest BCUT2D eigenvalue weighted by Gasteiger charge is 2.36. The van der Waals surface area contributed by atoms with E-state index in [4.69, 9.17) is 0 Å². The Morgan fingerprint density at radius 2 is 1.36 bits per heavy atom. The van der Waals surface area contributed by atoms with E-state index in [0.29, 0.717) is 6.04 Å². The molecule has 1 fully saturated rings. The van der Waals surface area contributed by atoms with E-state index < -0.39 is 0 Å². The molecule has 0 radical (unpaired) electrons. The number of piperidine rings is 1. The third-order valence-corrected chi connectivity index (χ3v) is 2.60. The van der Waals surface area contributed by atoms with Gasteiger partial charge in [0.25, 0.3) is 0 Å². The maximum Gasteiger partial charge on any atom is 0.0144 e. The first-order valence-electron chi connectivity index (χ1n) is 5.81. The molecule has 0 unspecified atom stereocenters. The Hall–Kier alpha value is -0.0800. The van der Waals surface area contributed by atoms with Crippen LogP contribution in [-0.4, -0.2) is 24.2 Å². The molecule has 1 rings (SSSR count). The van der Waals surface area contributed by atoms with Gasteiger partial charge in [0, 0.05) is 17.1 Å². The van der Waals surface area contributed by atoms with Crippen molar-refractivity contribution in [3.63, 3.8) is 0 Å². The SMILES string of the molecule is CC.CNC1CC(C)(C)NC(C)(C)C1. The van der Waals surface area contributed by atoms with E-state index in [1.807, 2.05) is 13.8 Å². The van der Waals surface area contributed by atoms with Gasteiger partial charge >= 0.3 is 0 Å². The van der Waals surface area contributed by atoms with Gasteiger partial charge in [0.2, 0.25) is 0 Å². The number of hydrogen-bond donors (Lipinski definition) is 2. The minimum absolute atomic E-state index is 0.273. The van der Waals surface area contributed by atoms with Crippen LogP contribution in [-0.2, 0) is 0 Å².